The van der Waals surface area contributed by atoms with Gasteiger partial charge in [0.1, 0.15) is 5.69 Å². The molecule has 0 bridgehead atoms. The van der Waals surface area contributed by atoms with Crippen LogP contribution in [0.3, 0.4) is 0 Å². The fraction of sp³-hybridized carbons (Fsp3) is 0.182. The second kappa shape index (κ2) is 4.66. The van der Waals surface area contributed by atoms with Gasteiger partial charge >= 0.3 is 6.18 Å². The summed E-state index contributed by atoms with van der Waals surface area (Å²) in [7, 11) is 0. The van der Waals surface area contributed by atoms with Crippen molar-refractivity contribution >= 4 is 0 Å². The quantitative estimate of drug-likeness (QED) is 0.821. The monoisotopic (exact) mass is 291 g/mol. The Bertz CT molecular complexity index is 723. The van der Waals surface area contributed by atoms with Crippen LogP contribution in [-0.4, -0.2) is 15.0 Å². The summed E-state index contributed by atoms with van der Waals surface area (Å²) < 4.78 is 63.8. The first kappa shape index (κ1) is 14.1. The molecule has 0 aromatic carbocycles. The van der Waals surface area contributed by atoms with Crippen molar-refractivity contribution in [1.82, 2.24) is 15.0 Å². The number of H-pyrrole nitrogens is 1. The number of nitrogens with zero attached hydrogens (tertiary/aromatic N) is 2. The molecule has 1 N–H and O–H groups in total. The predicted molar refractivity (Wildman–Crippen MR) is 57.7 cm³/mol. The van der Waals surface area contributed by atoms with E-state index in [1.807, 2.05) is 4.98 Å². The highest BCUT2D eigenvalue weighted by molar-refractivity contribution is 5.50. The average Bonchev–Trinajstić information content (AvgIpc) is 2.34. The Labute approximate surface area is 108 Å². The van der Waals surface area contributed by atoms with Gasteiger partial charge in [0.25, 0.3) is 5.56 Å². The van der Waals surface area contributed by atoms with Gasteiger partial charge in [-0.05, 0) is 13.0 Å². The van der Waals surface area contributed by atoms with Gasteiger partial charge in [-0.25, -0.2) is 14.4 Å². The molecule has 20 heavy (non-hydrogen) atoms. The normalized spacial score (nSPS) is 11.7. The molecule has 0 unspecified atom stereocenters. The van der Waals surface area contributed by atoms with Gasteiger partial charge in [-0.2, -0.15) is 17.6 Å². The van der Waals surface area contributed by atoms with Gasteiger partial charge in [-0.15, -0.1) is 0 Å². The molecule has 0 amide bonds. The van der Waals surface area contributed by atoms with Crippen molar-refractivity contribution in [2.45, 2.75) is 13.1 Å². The molecule has 9 heteroatoms. The summed E-state index contributed by atoms with van der Waals surface area (Å²) in [4.78, 5) is 19.9. The molecule has 0 aliphatic carbocycles. The molecule has 0 aliphatic heterocycles. The SMILES string of the molecule is Cc1nc(-c2ncc(C(F)(F)F)cc2F)[nH]c(=O)c1F. The molecule has 0 saturated carbocycles. The summed E-state index contributed by atoms with van der Waals surface area (Å²) in [5.41, 5.74) is -3.35. The van der Waals surface area contributed by atoms with Crippen molar-refractivity contribution < 1.29 is 22.0 Å². The highest BCUT2D eigenvalue weighted by atomic mass is 19.4. The zero-order chi connectivity index (χ0) is 15.1. The molecule has 0 aliphatic rings. The standard InChI is InChI=1S/C11H6F5N3O/c1-4-7(13)10(20)19-9(18-4)8-6(12)2-5(3-17-8)11(14,15)16/h2-3H,1H3,(H,18,19,20). The van der Waals surface area contributed by atoms with Gasteiger partial charge in [0.2, 0.25) is 5.82 Å². The van der Waals surface area contributed by atoms with Crippen molar-refractivity contribution in [3.8, 4) is 11.5 Å². The number of aromatic amines is 1. The smallest absolute Gasteiger partial charge is 0.303 e. The Hall–Kier alpha value is -2.32. The highest BCUT2D eigenvalue weighted by Gasteiger charge is 2.32. The van der Waals surface area contributed by atoms with Gasteiger partial charge in [0, 0.05) is 6.20 Å². The Kier molecular flexibility index (Phi) is 3.28. The van der Waals surface area contributed by atoms with Crippen LogP contribution in [0.5, 0.6) is 0 Å². The molecule has 2 aromatic heterocycles. The fourth-order valence-electron chi connectivity index (χ4n) is 1.45. The topological polar surface area (TPSA) is 58.6 Å². The van der Waals surface area contributed by atoms with Crippen molar-refractivity contribution in [2.75, 3.05) is 0 Å². The van der Waals surface area contributed by atoms with E-state index in [4.69, 9.17) is 0 Å². The third-order valence-corrected chi connectivity index (χ3v) is 2.42. The van der Waals surface area contributed by atoms with Crippen molar-refractivity contribution in [2.24, 2.45) is 0 Å². The number of hydrogen-bond acceptors (Lipinski definition) is 3. The molecule has 0 saturated heterocycles. The van der Waals surface area contributed by atoms with E-state index in [1.165, 1.54) is 0 Å². The number of rotatable bonds is 1. The minimum Gasteiger partial charge on any atom is -0.303 e. The lowest BCUT2D eigenvalue weighted by Gasteiger charge is -2.08. The molecule has 0 spiro atoms. The van der Waals surface area contributed by atoms with Crippen LogP contribution in [0.2, 0.25) is 0 Å². The van der Waals surface area contributed by atoms with Crippen LogP contribution in [0.4, 0.5) is 22.0 Å². The van der Waals surface area contributed by atoms with Crippen molar-refractivity contribution in [1.29, 1.82) is 0 Å². The second-order valence-corrected chi connectivity index (χ2v) is 3.87. The maximum atomic E-state index is 13.6. The molecule has 0 atom stereocenters. The van der Waals surface area contributed by atoms with Crippen LogP contribution in [-0.2, 0) is 6.18 Å². The van der Waals surface area contributed by atoms with E-state index < -0.39 is 40.5 Å². The summed E-state index contributed by atoms with van der Waals surface area (Å²) in [5.74, 6) is -2.92. The average molecular weight is 291 g/mol. The summed E-state index contributed by atoms with van der Waals surface area (Å²) in [5, 5.41) is 0. The molecular weight excluding hydrogens is 285 g/mol. The van der Waals surface area contributed by atoms with E-state index in [1.54, 1.807) is 0 Å². The minimum atomic E-state index is -4.74. The Morgan fingerprint density at radius 3 is 2.40 bits per heavy atom. The molecule has 2 rings (SSSR count). The Morgan fingerprint density at radius 1 is 1.25 bits per heavy atom. The zero-order valence-corrected chi connectivity index (χ0v) is 9.85. The van der Waals surface area contributed by atoms with Crippen LogP contribution < -0.4 is 5.56 Å². The van der Waals surface area contributed by atoms with E-state index in [2.05, 4.69) is 9.97 Å². The maximum Gasteiger partial charge on any atom is 0.417 e. The number of aromatic nitrogens is 3. The fourth-order valence-corrected chi connectivity index (χ4v) is 1.45. The van der Waals surface area contributed by atoms with E-state index in [-0.39, 0.29) is 11.8 Å². The lowest BCUT2D eigenvalue weighted by Crippen LogP contribution is -2.16. The van der Waals surface area contributed by atoms with E-state index in [0.717, 1.165) is 6.92 Å². The van der Waals surface area contributed by atoms with Crippen LogP contribution in [0.25, 0.3) is 11.5 Å². The Balaban J connectivity index is 2.57. The first-order valence-electron chi connectivity index (χ1n) is 5.19. The van der Waals surface area contributed by atoms with E-state index in [9.17, 15) is 26.7 Å². The van der Waals surface area contributed by atoms with E-state index in [0.29, 0.717) is 6.20 Å². The van der Waals surface area contributed by atoms with Crippen LogP contribution in [0.15, 0.2) is 17.1 Å². The third-order valence-electron chi connectivity index (χ3n) is 2.42. The number of aryl methyl sites for hydroxylation is 1. The Morgan fingerprint density at radius 2 is 1.90 bits per heavy atom. The summed E-state index contributed by atoms with van der Waals surface area (Å²) in [6.07, 6.45) is -4.34. The van der Waals surface area contributed by atoms with Crippen LogP contribution in [0.1, 0.15) is 11.3 Å². The lowest BCUT2D eigenvalue weighted by atomic mass is 10.2. The lowest BCUT2D eigenvalue weighted by molar-refractivity contribution is -0.138. The summed E-state index contributed by atoms with van der Waals surface area (Å²) >= 11 is 0. The number of hydrogen-bond donors (Lipinski definition) is 1. The number of pyridine rings is 1. The predicted octanol–water partition coefficient (Wildman–Crippen LogP) is 2.44. The molecule has 0 fully saturated rings. The zero-order valence-electron chi connectivity index (χ0n) is 9.85. The molecule has 2 aromatic rings. The van der Waals surface area contributed by atoms with E-state index >= 15 is 0 Å². The number of nitrogens with one attached hydrogen (secondary N) is 1. The molecule has 106 valence electrons. The van der Waals surface area contributed by atoms with Crippen molar-refractivity contribution in [3.63, 3.8) is 0 Å². The van der Waals surface area contributed by atoms with Gasteiger partial charge in [0.05, 0.1) is 11.3 Å². The summed E-state index contributed by atoms with van der Waals surface area (Å²) in [6.45, 7) is 1.16. The third kappa shape index (κ3) is 2.51. The number of halogens is 5. The first-order valence-corrected chi connectivity index (χ1v) is 5.19. The largest absolute Gasteiger partial charge is 0.417 e. The molecular formula is C11H6F5N3O. The van der Waals surface area contributed by atoms with Crippen molar-refractivity contribution in [3.05, 3.63) is 45.5 Å². The highest BCUT2D eigenvalue weighted by Crippen LogP contribution is 2.30. The maximum absolute atomic E-state index is 13.6. The molecule has 0 radical (unpaired) electrons. The summed E-state index contributed by atoms with van der Waals surface area (Å²) in [6, 6.07) is 0.223. The van der Waals surface area contributed by atoms with Gasteiger partial charge in [0.15, 0.2) is 11.6 Å². The van der Waals surface area contributed by atoms with Gasteiger partial charge in [-0.3, -0.25) is 4.79 Å². The second-order valence-electron chi connectivity index (χ2n) is 3.87. The molecule has 2 heterocycles. The first-order chi connectivity index (χ1) is 9.20. The number of alkyl halides is 3. The molecule has 4 nitrogen and oxygen atoms in total. The van der Waals surface area contributed by atoms with Crippen LogP contribution >= 0.6 is 0 Å². The van der Waals surface area contributed by atoms with Gasteiger partial charge in [-0.1, -0.05) is 0 Å². The van der Waals surface area contributed by atoms with Gasteiger partial charge < -0.3 is 4.98 Å². The van der Waals surface area contributed by atoms with Crippen LogP contribution in [0, 0.1) is 18.6 Å². The minimum absolute atomic E-state index is 0.223.